The Labute approximate surface area is 101 Å². The first-order chi connectivity index (χ1) is 8.11. The molecule has 6 heteroatoms. The average molecular weight is 251 g/mol. The normalized spacial score (nSPS) is 19.4. The summed E-state index contributed by atoms with van der Waals surface area (Å²) in [4.78, 5) is 6.10. The Morgan fingerprint density at radius 2 is 2.12 bits per heavy atom. The largest absolute Gasteiger partial charge is 0.356 e. The van der Waals surface area contributed by atoms with Gasteiger partial charge in [0, 0.05) is 13.1 Å². The molecule has 0 saturated carbocycles. The van der Waals surface area contributed by atoms with Crippen LogP contribution in [0.25, 0.3) is 0 Å². The van der Waals surface area contributed by atoms with Gasteiger partial charge >= 0.3 is 0 Å². The van der Waals surface area contributed by atoms with Gasteiger partial charge in [-0.15, -0.1) is 0 Å². The summed E-state index contributed by atoms with van der Waals surface area (Å²) in [5.41, 5.74) is 0.356. The second-order valence-corrected chi connectivity index (χ2v) is 6.29. The Morgan fingerprint density at radius 3 is 2.88 bits per heavy atom. The smallest absolute Gasteiger partial charge is 0.152 e. The molecule has 1 aromatic heterocycles. The van der Waals surface area contributed by atoms with Crippen LogP contribution >= 0.6 is 0 Å². The number of nitrogens with zero attached hydrogens (tertiary/aromatic N) is 3. The summed E-state index contributed by atoms with van der Waals surface area (Å²) < 4.78 is 22.9. The van der Waals surface area contributed by atoms with E-state index >= 15 is 0 Å². The Morgan fingerprint density at radius 1 is 1.29 bits per heavy atom. The maximum atomic E-state index is 11.5. The summed E-state index contributed by atoms with van der Waals surface area (Å²) in [6, 6.07) is 7.19. The maximum absolute atomic E-state index is 11.5. The van der Waals surface area contributed by atoms with E-state index in [-0.39, 0.29) is 11.5 Å². The van der Waals surface area contributed by atoms with Gasteiger partial charge in [-0.05, 0) is 18.6 Å². The van der Waals surface area contributed by atoms with Crippen LogP contribution in [0.1, 0.15) is 12.1 Å². The molecular weight excluding hydrogens is 238 g/mol. The van der Waals surface area contributed by atoms with E-state index in [1.807, 2.05) is 11.0 Å². The molecule has 1 aliphatic heterocycles. The molecule has 0 unspecified atom stereocenters. The number of anilines is 1. The van der Waals surface area contributed by atoms with Crippen LogP contribution in [0.2, 0.25) is 0 Å². The monoisotopic (exact) mass is 251 g/mol. The zero-order chi connectivity index (χ0) is 12.3. The van der Waals surface area contributed by atoms with Crippen molar-refractivity contribution >= 4 is 15.7 Å². The summed E-state index contributed by atoms with van der Waals surface area (Å²) in [5, 5.41) is 8.77. The number of rotatable bonds is 1. The summed E-state index contributed by atoms with van der Waals surface area (Å²) in [7, 11) is -2.91. The van der Waals surface area contributed by atoms with Gasteiger partial charge in [-0.3, -0.25) is 0 Å². The molecule has 0 amide bonds. The molecular formula is C11H13N3O2S. The van der Waals surface area contributed by atoms with E-state index in [9.17, 15) is 8.42 Å². The SMILES string of the molecule is N#Cc1cccc(N2CCCS(=O)(=O)CC2)n1. The molecule has 2 heterocycles. The van der Waals surface area contributed by atoms with E-state index in [1.54, 1.807) is 18.2 Å². The van der Waals surface area contributed by atoms with Crippen LogP contribution < -0.4 is 4.90 Å². The van der Waals surface area contributed by atoms with E-state index < -0.39 is 9.84 Å². The van der Waals surface area contributed by atoms with Gasteiger partial charge < -0.3 is 4.90 Å². The Balaban J connectivity index is 2.20. The maximum Gasteiger partial charge on any atom is 0.152 e. The third-order valence-corrected chi connectivity index (χ3v) is 4.44. The fraction of sp³-hybridized carbons (Fsp3) is 0.455. The van der Waals surface area contributed by atoms with Gasteiger partial charge in [-0.25, -0.2) is 13.4 Å². The summed E-state index contributed by atoms with van der Waals surface area (Å²) >= 11 is 0. The molecule has 0 N–H and O–H groups in total. The van der Waals surface area contributed by atoms with Crippen molar-refractivity contribution in [2.75, 3.05) is 29.5 Å². The van der Waals surface area contributed by atoms with Gasteiger partial charge in [-0.2, -0.15) is 5.26 Å². The molecule has 0 spiro atoms. The molecule has 90 valence electrons. The van der Waals surface area contributed by atoms with Crippen molar-refractivity contribution in [3.05, 3.63) is 23.9 Å². The second kappa shape index (κ2) is 4.72. The second-order valence-electron chi connectivity index (χ2n) is 3.99. The lowest BCUT2D eigenvalue weighted by Crippen LogP contribution is -2.27. The molecule has 0 radical (unpaired) electrons. The molecule has 17 heavy (non-hydrogen) atoms. The lowest BCUT2D eigenvalue weighted by Gasteiger charge is -2.20. The van der Waals surface area contributed by atoms with Gasteiger partial charge in [0.25, 0.3) is 0 Å². The first-order valence-corrected chi connectivity index (χ1v) is 7.25. The molecule has 1 aromatic rings. The minimum Gasteiger partial charge on any atom is -0.356 e. The molecule has 0 aromatic carbocycles. The molecule has 0 atom stereocenters. The fourth-order valence-corrected chi connectivity index (χ4v) is 3.10. The van der Waals surface area contributed by atoms with Crippen molar-refractivity contribution in [1.82, 2.24) is 4.98 Å². The highest BCUT2D eigenvalue weighted by atomic mass is 32.2. The van der Waals surface area contributed by atoms with Gasteiger partial charge in [0.2, 0.25) is 0 Å². The van der Waals surface area contributed by atoms with Crippen molar-refractivity contribution in [3.8, 4) is 6.07 Å². The fourth-order valence-electron chi connectivity index (χ4n) is 1.83. The predicted molar refractivity (Wildman–Crippen MR) is 64.4 cm³/mol. The molecule has 0 aliphatic carbocycles. The Kier molecular flexibility index (Phi) is 3.29. The van der Waals surface area contributed by atoms with Crippen molar-refractivity contribution < 1.29 is 8.42 Å². The van der Waals surface area contributed by atoms with Crippen molar-refractivity contribution in [2.24, 2.45) is 0 Å². The van der Waals surface area contributed by atoms with Crippen molar-refractivity contribution in [1.29, 1.82) is 5.26 Å². The molecule has 2 rings (SSSR count). The van der Waals surface area contributed by atoms with E-state index in [0.29, 0.717) is 31.0 Å². The van der Waals surface area contributed by atoms with E-state index in [1.165, 1.54) is 0 Å². The first-order valence-electron chi connectivity index (χ1n) is 5.43. The van der Waals surface area contributed by atoms with Crippen LogP contribution in [0.4, 0.5) is 5.82 Å². The summed E-state index contributed by atoms with van der Waals surface area (Å²) in [6.07, 6.45) is 0.612. The Hall–Kier alpha value is -1.61. The Bertz CT molecular complexity index is 548. The molecule has 1 saturated heterocycles. The first kappa shape index (κ1) is 11.9. The number of hydrogen-bond donors (Lipinski definition) is 0. The van der Waals surface area contributed by atoms with Crippen molar-refractivity contribution in [3.63, 3.8) is 0 Å². The number of hydrogen-bond acceptors (Lipinski definition) is 5. The lowest BCUT2D eigenvalue weighted by molar-refractivity contribution is 0.597. The highest BCUT2D eigenvalue weighted by molar-refractivity contribution is 7.91. The van der Waals surface area contributed by atoms with Crippen LogP contribution in [0, 0.1) is 11.3 Å². The van der Waals surface area contributed by atoms with Gasteiger partial charge in [0.15, 0.2) is 9.84 Å². The minimum absolute atomic E-state index is 0.158. The van der Waals surface area contributed by atoms with Crippen molar-refractivity contribution in [2.45, 2.75) is 6.42 Å². The number of pyridine rings is 1. The summed E-state index contributed by atoms with van der Waals surface area (Å²) in [5.74, 6) is 1.08. The predicted octanol–water partition coefficient (Wildman–Crippen LogP) is 0.578. The summed E-state index contributed by atoms with van der Waals surface area (Å²) in [6.45, 7) is 1.12. The highest BCUT2D eigenvalue weighted by Crippen LogP contribution is 2.14. The quantitative estimate of drug-likeness (QED) is 0.730. The van der Waals surface area contributed by atoms with Crippen LogP contribution in [-0.2, 0) is 9.84 Å². The third kappa shape index (κ3) is 2.94. The highest BCUT2D eigenvalue weighted by Gasteiger charge is 2.19. The van der Waals surface area contributed by atoms with E-state index in [4.69, 9.17) is 5.26 Å². The van der Waals surface area contributed by atoms with Crippen LogP contribution in [0.15, 0.2) is 18.2 Å². The zero-order valence-corrected chi connectivity index (χ0v) is 10.2. The molecule has 1 aliphatic rings. The van der Waals surface area contributed by atoms with E-state index in [2.05, 4.69) is 4.98 Å². The topological polar surface area (TPSA) is 74.1 Å². The van der Waals surface area contributed by atoms with Gasteiger partial charge in [-0.1, -0.05) is 6.07 Å². The number of sulfone groups is 1. The van der Waals surface area contributed by atoms with Crippen LogP contribution in [-0.4, -0.2) is 38.0 Å². The molecule has 0 bridgehead atoms. The number of aromatic nitrogens is 1. The molecule has 5 nitrogen and oxygen atoms in total. The van der Waals surface area contributed by atoms with Gasteiger partial charge in [0.1, 0.15) is 17.6 Å². The standard InChI is InChI=1S/C11H13N3O2S/c12-9-10-3-1-4-11(13-10)14-5-2-7-17(15,16)8-6-14/h1,3-4H,2,5-8H2. The zero-order valence-electron chi connectivity index (χ0n) is 9.33. The minimum atomic E-state index is -2.91. The average Bonchev–Trinajstić information content (AvgIpc) is 2.50. The molecule has 1 fully saturated rings. The van der Waals surface area contributed by atoms with Crippen LogP contribution in [0.3, 0.4) is 0 Å². The third-order valence-electron chi connectivity index (χ3n) is 2.73. The van der Waals surface area contributed by atoms with Gasteiger partial charge in [0.05, 0.1) is 11.5 Å². The number of nitriles is 1. The van der Waals surface area contributed by atoms with E-state index in [0.717, 1.165) is 0 Å². The lowest BCUT2D eigenvalue weighted by atomic mass is 10.3. The van der Waals surface area contributed by atoms with Crippen LogP contribution in [0.5, 0.6) is 0 Å².